The summed E-state index contributed by atoms with van der Waals surface area (Å²) in [4.78, 5) is 67.8. The summed E-state index contributed by atoms with van der Waals surface area (Å²) < 4.78 is 0. The third-order valence-electron chi connectivity index (χ3n) is 6.04. The number of hydrogen-bond acceptors (Lipinski definition) is 7. The lowest BCUT2D eigenvalue weighted by atomic mass is 10.0. The maximum absolute atomic E-state index is 12.8. The number of aliphatic imine (C=N–C) groups is 1. The fourth-order valence-corrected chi connectivity index (χ4v) is 3.88. The van der Waals surface area contributed by atoms with Gasteiger partial charge < -0.3 is 48.3 Å². The minimum atomic E-state index is -1.37. The van der Waals surface area contributed by atoms with Gasteiger partial charge in [-0.05, 0) is 44.2 Å². The number of nitrogens with two attached hydrogens (primary N) is 3. The van der Waals surface area contributed by atoms with E-state index in [-0.39, 0.29) is 38.2 Å². The van der Waals surface area contributed by atoms with Crippen molar-refractivity contribution in [3.63, 3.8) is 0 Å². The number of aromatic nitrogens is 1. The molecule has 1 aromatic carbocycles. The Labute approximate surface area is 229 Å². The number of carbonyl (C=O) groups excluding carboxylic acids is 3. The summed E-state index contributed by atoms with van der Waals surface area (Å²) >= 11 is 0. The molecule has 3 amide bonds. The summed E-state index contributed by atoms with van der Waals surface area (Å²) in [6.45, 7) is 1.52. The van der Waals surface area contributed by atoms with E-state index in [1.807, 2.05) is 24.3 Å². The smallest absolute Gasteiger partial charge is 0.326 e. The van der Waals surface area contributed by atoms with Crippen molar-refractivity contribution in [1.29, 1.82) is 0 Å². The highest BCUT2D eigenvalue weighted by Crippen LogP contribution is 2.18. The number of benzene rings is 1. The Morgan fingerprint density at radius 2 is 1.62 bits per heavy atom. The SMILES string of the molecule is CC(NC(=O)C(N)Cc1c[nH]c2ccccc12)C(=O)NC(CCC(=O)O)C(=O)NC(CCCN=C(N)N)C(=O)O. The van der Waals surface area contributed by atoms with E-state index in [0.717, 1.165) is 16.5 Å². The molecule has 0 saturated heterocycles. The van der Waals surface area contributed by atoms with Gasteiger partial charge in [0, 0.05) is 30.1 Å². The minimum absolute atomic E-state index is 0.0156. The van der Waals surface area contributed by atoms with Crippen LogP contribution in [0.15, 0.2) is 35.5 Å². The number of carboxylic acid groups (broad SMARTS) is 2. The number of para-hydroxylation sites is 1. The van der Waals surface area contributed by atoms with Crippen molar-refractivity contribution in [3.05, 3.63) is 36.0 Å². The van der Waals surface area contributed by atoms with Gasteiger partial charge in [0.05, 0.1) is 6.04 Å². The monoisotopic (exact) mass is 560 g/mol. The van der Waals surface area contributed by atoms with Crippen LogP contribution in [0.25, 0.3) is 10.9 Å². The quantitative estimate of drug-likeness (QED) is 0.0652. The van der Waals surface area contributed by atoms with Crippen LogP contribution in [-0.2, 0) is 30.4 Å². The first-order valence-electron chi connectivity index (χ1n) is 12.6. The summed E-state index contributed by atoms with van der Waals surface area (Å²) in [6, 6.07) is 2.71. The van der Waals surface area contributed by atoms with Crippen LogP contribution in [0.4, 0.5) is 0 Å². The maximum atomic E-state index is 12.8. The fraction of sp³-hybridized carbons (Fsp3) is 0.440. The Balaban J connectivity index is 1.99. The standard InChI is InChI=1S/C25H36N8O7/c1-13(31-22(37)16(26)11-14-12-30-17-6-3-2-5-15(14)17)21(36)32-18(8-9-20(34)35)23(38)33-19(24(39)40)7-4-10-29-25(27)28/h2-3,5-6,12-13,16,18-19,30H,4,7-11,26H2,1H3,(H,31,37)(H,32,36)(H,33,38)(H,34,35)(H,39,40)(H4,27,28,29). The number of nitrogens with one attached hydrogen (secondary N) is 4. The third-order valence-corrected chi connectivity index (χ3v) is 6.04. The molecule has 4 atom stereocenters. The largest absolute Gasteiger partial charge is 0.481 e. The van der Waals surface area contributed by atoms with Crippen LogP contribution >= 0.6 is 0 Å². The predicted molar refractivity (Wildman–Crippen MR) is 146 cm³/mol. The van der Waals surface area contributed by atoms with Crippen molar-refractivity contribution < 1.29 is 34.2 Å². The topological polar surface area (TPSA) is 268 Å². The number of rotatable bonds is 16. The van der Waals surface area contributed by atoms with Gasteiger partial charge in [-0.2, -0.15) is 0 Å². The highest BCUT2D eigenvalue weighted by atomic mass is 16.4. The molecule has 0 fully saturated rings. The number of hydrogen-bond donors (Lipinski definition) is 9. The van der Waals surface area contributed by atoms with Crippen molar-refractivity contribution in [1.82, 2.24) is 20.9 Å². The van der Waals surface area contributed by atoms with E-state index in [4.69, 9.17) is 22.3 Å². The fourth-order valence-electron chi connectivity index (χ4n) is 3.88. The van der Waals surface area contributed by atoms with E-state index in [0.29, 0.717) is 0 Å². The highest BCUT2D eigenvalue weighted by molar-refractivity contribution is 5.94. The molecule has 0 saturated carbocycles. The van der Waals surface area contributed by atoms with Gasteiger partial charge in [0.25, 0.3) is 0 Å². The lowest BCUT2D eigenvalue weighted by Gasteiger charge is -2.23. The van der Waals surface area contributed by atoms with Crippen LogP contribution in [0, 0.1) is 0 Å². The van der Waals surface area contributed by atoms with Gasteiger partial charge in [-0.1, -0.05) is 18.2 Å². The first kappa shape index (κ1) is 31.6. The molecule has 0 aliphatic rings. The normalized spacial score (nSPS) is 13.8. The van der Waals surface area contributed by atoms with Crippen molar-refractivity contribution in [2.75, 3.05) is 6.54 Å². The zero-order valence-corrected chi connectivity index (χ0v) is 22.1. The van der Waals surface area contributed by atoms with Crippen molar-refractivity contribution in [2.45, 2.75) is 63.2 Å². The van der Waals surface area contributed by atoms with E-state index in [1.54, 1.807) is 6.20 Å². The van der Waals surface area contributed by atoms with E-state index >= 15 is 0 Å². The molecule has 15 heteroatoms. The van der Waals surface area contributed by atoms with Gasteiger partial charge in [0.2, 0.25) is 17.7 Å². The Hall–Kier alpha value is -4.66. The summed E-state index contributed by atoms with van der Waals surface area (Å²) in [5.41, 5.74) is 18.2. The molecule has 0 bridgehead atoms. The second-order valence-corrected chi connectivity index (χ2v) is 9.24. The highest BCUT2D eigenvalue weighted by Gasteiger charge is 2.29. The average Bonchev–Trinajstić information content (AvgIpc) is 3.30. The molecule has 1 heterocycles. The van der Waals surface area contributed by atoms with Crippen LogP contribution in [0.2, 0.25) is 0 Å². The summed E-state index contributed by atoms with van der Waals surface area (Å²) in [6.07, 6.45) is 1.39. The van der Waals surface area contributed by atoms with Crippen molar-refractivity contribution in [2.24, 2.45) is 22.2 Å². The molecule has 12 N–H and O–H groups in total. The molecular weight excluding hydrogens is 524 g/mol. The first-order chi connectivity index (χ1) is 18.9. The number of aliphatic carboxylic acids is 2. The molecule has 2 rings (SSSR count). The average molecular weight is 561 g/mol. The molecule has 1 aromatic heterocycles. The molecule has 0 radical (unpaired) electrons. The zero-order chi connectivity index (χ0) is 29.8. The molecular formula is C25H36N8O7. The second-order valence-electron chi connectivity index (χ2n) is 9.24. The molecule has 0 aliphatic carbocycles. The molecule has 2 aromatic rings. The van der Waals surface area contributed by atoms with Gasteiger partial charge in [-0.3, -0.25) is 24.2 Å². The lowest BCUT2D eigenvalue weighted by Crippen LogP contribution is -2.56. The molecule has 0 spiro atoms. The first-order valence-corrected chi connectivity index (χ1v) is 12.6. The number of guanidine groups is 1. The van der Waals surface area contributed by atoms with Crippen molar-refractivity contribution >= 4 is 46.5 Å². The number of carboxylic acids is 2. The number of carbonyl (C=O) groups is 5. The van der Waals surface area contributed by atoms with Crippen molar-refractivity contribution in [3.8, 4) is 0 Å². The van der Waals surface area contributed by atoms with Gasteiger partial charge in [-0.15, -0.1) is 0 Å². The third kappa shape index (κ3) is 9.90. The lowest BCUT2D eigenvalue weighted by molar-refractivity contribution is -0.143. The van der Waals surface area contributed by atoms with Crippen LogP contribution < -0.4 is 33.2 Å². The Morgan fingerprint density at radius 1 is 0.950 bits per heavy atom. The Kier molecular flexibility index (Phi) is 11.9. The summed E-state index contributed by atoms with van der Waals surface area (Å²) in [7, 11) is 0. The molecule has 15 nitrogen and oxygen atoms in total. The van der Waals surface area contributed by atoms with Crippen LogP contribution in [0.5, 0.6) is 0 Å². The molecule has 218 valence electrons. The Bertz CT molecular complexity index is 1240. The minimum Gasteiger partial charge on any atom is -0.481 e. The van der Waals surface area contributed by atoms with Gasteiger partial charge in [0.1, 0.15) is 18.1 Å². The van der Waals surface area contributed by atoms with E-state index in [9.17, 15) is 29.1 Å². The predicted octanol–water partition coefficient (Wildman–Crippen LogP) is -1.48. The van der Waals surface area contributed by atoms with Gasteiger partial charge in [-0.25, -0.2) is 4.79 Å². The second kappa shape index (κ2) is 15.1. The Morgan fingerprint density at radius 3 is 2.27 bits per heavy atom. The summed E-state index contributed by atoms with van der Waals surface area (Å²) in [5.74, 6) is -4.98. The number of nitrogens with zero attached hydrogens (tertiary/aromatic N) is 1. The van der Waals surface area contributed by atoms with Crippen LogP contribution in [0.1, 0.15) is 38.2 Å². The van der Waals surface area contributed by atoms with Gasteiger partial charge >= 0.3 is 11.9 Å². The molecule has 0 aliphatic heterocycles. The number of amides is 3. The number of H-pyrrole nitrogens is 1. The van der Waals surface area contributed by atoms with E-state index in [2.05, 4.69) is 25.9 Å². The van der Waals surface area contributed by atoms with Crippen LogP contribution in [0.3, 0.4) is 0 Å². The molecule has 40 heavy (non-hydrogen) atoms. The zero-order valence-electron chi connectivity index (χ0n) is 22.1. The number of fused-ring (bicyclic) bond motifs is 1. The van der Waals surface area contributed by atoms with E-state index < -0.39 is 60.2 Å². The van der Waals surface area contributed by atoms with Gasteiger partial charge in [0.15, 0.2) is 5.96 Å². The molecule has 4 unspecified atom stereocenters. The van der Waals surface area contributed by atoms with Crippen LogP contribution in [-0.4, -0.2) is 81.5 Å². The van der Waals surface area contributed by atoms with E-state index in [1.165, 1.54) is 6.92 Å². The summed E-state index contributed by atoms with van der Waals surface area (Å²) in [5, 5.41) is 26.6. The number of aromatic amines is 1. The maximum Gasteiger partial charge on any atom is 0.326 e.